The summed E-state index contributed by atoms with van der Waals surface area (Å²) in [6.07, 6.45) is 18.2. The number of piperidine rings is 2. The van der Waals surface area contributed by atoms with Crippen LogP contribution >= 0.6 is 0 Å². The zero-order valence-corrected chi connectivity index (χ0v) is 19.9. The van der Waals surface area contributed by atoms with Gasteiger partial charge >= 0.3 is 0 Å². The van der Waals surface area contributed by atoms with Crippen LogP contribution in [0.4, 0.5) is 0 Å². The summed E-state index contributed by atoms with van der Waals surface area (Å²) in [4.78, 5) is 0. The minimum atomic E-state index is 1.03. The molecule has 4 fully saturated rings. The smallest absolute Gasteiger partial charge is 0.0918 e. The summed E-state index contributed by atoms with van der Waals surface area (Å²) in [6.45, 7) is 18.0. The molecule has 0 aromatic rings. The van der Waals surface area contributed by atoms with Crippen molar-refractivity contribution in [3.8, 4) is 0 Å². The second-order valence-corrected chi connectivity index (χ2v) is 10.7. The van der Waals surface area contributed by atoms with Crippen LogP contribution in [0.5, 0.6) is 0 Å². The molecule has 4 rings (SSSR count). The van der Waals surface area contributed by atoms with E-state index in [0.29, 0.717) is 0 Å². The highest BCUT2D eigenvalue weighted by Crippen LogP contribution is 2.40. The fourth-order valence-corrected chi connectivity index (χ4v) is 8.18. The van der Waals surface area contributed by atoms with Crippen LogP contribution in [-0.2, 0) is 0 Å². The molecule has 2 nitrogen and oxygen atoms in total. The van der Waals surface area contributed by atoms with Gasteiger partial charge in [-0.2, -0.15) is 0 Å². The fourth-order valence-electron chi connectivity index (χ4n) is 8.18. The lowest BCUT2D eigenvalue weighted by molar-refractivity contribution is -0.957. The van der Waals surface area contributed by atoms with Crippen molar-refractivity contribution >= 4 is 0 Å². The monoisotopic (exact) mass is 392 g/mol. The molecule has 0 N–H and O–H groups in total. The Bertz CT molecular complexity index is 405. The number of rotatable bonds is 4. The van der Waals surface area contributed by atoms with Gasteiger partial charge in [0.15, 0.2) is 0 Å². The molecule has 4 aliphatic rings. The first-order valence-corrected chi connectivity index (χ1v) is 13.4. The largest absolute Gasteiger partial charge is 0.321 e. The van der Waals surface area contributed by atoms with E-state index < -0.39 is 0 Å². The number of quaternary nitrogens is 2. The van der Waals surface area contributed by atoms with Crippen LogP contribution in [0.1, 0.15) is 105 Å². The zero-order valence-electron chi connectivity index (χ0n) is 19.9. The van der Waals surface area contributed by atoms with Crippen LogP contribution in [0.15, 0.2) is 0 Å². The maximum Gasteiger partial charge on any atom is 0.0918 e. The summed E-state index contributed by atoms with van der Waals surface area (Å²) in [5, 5.41) is 0. The lowest BCUT2D eigenvalue weighted by Gasteiger charge is -2.52. The Morgan fingerprint density at radius 3 is 1.14 bits per heavy atom. The van der Waals surface area contributed by atoms with Crippen molar-refractivity contribution in [2.45, 2.75) is 117 Å². The first-order chi connectivity index (χ1) is 13.6. The fraction of sp³-hybridized carbons (Fsp3) is 1.00. The van der Waals surface area contributed by atoms with Crippen molar-refractivity contribution in [2.75, 3.05) is 39.3 Å². The molecule has 0 amide bonds. The summed E-state index contributed by atoms with van der Waals surface area (Å²) < 4.78 is 2.90. The maximum absolute atomic E-state index is 2.40. The second kappa shape index (κ2) is 10.3. The Labute approximate surface area is 177 Å². The first-order valence-electron chi connectivity index (χ1n) is 13.4. The van der Waals surface area contributed by atoms with E-state index in [1.807, 2.05) is 0 Å². The molecule has 2 saturated carbocycles. The van der Waals surface area contributed by atoms with E-state index in [1.54, 1.807) is 0 Å². The summed E-state index contributed by atoms with van der Waals surface area (Å²) in [5.74, 6) is 2.16. The van der Waals surface area contributed by atoms with E-state index in [9.17, 15) is 0 Å². The predicted molar refractivity (Wildman–Crippen MR) is 122 cm³/mol. The minimum Gasteiger partial charge on any atom is -0.321 e. The summed E-state index contributed by atoms with van der Waals surface area (Å²) in [6, 6.07) is 2.07. The molecular weight excluding hydrogens is 340 g/mol. The van der Waals surface area contributed by atoms with Gasteiger partial charge in [0, 0.05) is 11.8 Å². The van der Waals surface area contributed by atoms with Crippen LogP contribution in [0.3, 0.4) is 0 Å². The number of hydrogen-bond acceptors (Lipinski definition) is 0. The highest BCUT2D eigenvalue weighted by molar-refractivity contribution is 4.81. The van der Waals surface area contributed by atoms with Crippen molar-refractivity contribution < 1.29 is 8.97 Å². The Balaban J connectivity index is 0.000000161. The van der Waals surface area contributed by atoms with Gasteiger partial charge in [-0.15, -0.1) is 0 Å². The molecule has 28 heavy (non-hydrogen) atoms. The number of nitrogens with zero attached hydrogens (tertiary/aromatic N) is 2. The lowest BCUT2D eigenvalue weighted by atomic mass is 9.76. The second-order valence-electron chi connectivity index (χ2n) is 10.7. The Morgan fingerprint density at radius 2 is 0.786 bits per heavy atom. The van der Waals surface area contributed by atoms with Crippen molar-refractivity contribution in [1.82, 2.24) is 0 Å². The molecule has 2 heteroatoms. The van der Waals surface area contributed by atoms with Gasteiger partial charge in [0.2, 0.25) is 0 Å². The molecule has 0 aromatic carbocycles. The first kappa shape index (κ1) is 22.6. The minimum absolute atomic E-state index is 1.03. The SMILES string of the molecule is CC[N+]1(CC)CCC[C@H]2CCCC[C@@H]21.CC[N+]1(CC)CCC[C@H]2CCCC[C@H]21. The Morgan fingerprint density at radius 1 is 0.464 bits per heavy atom. The van der Waals surface area contributed by atoms with Gasteiger partial charge in [-0.05, 0) is 91.9 Å². The molecule has 0 unspecified atom stereocenters. The predicted octanol–water partition coefficient (Wildman–Crippen LogP) is 6.39. The van der Waals surface area contributed by atoms with Crippen molar-refractivity contribution in [1.29, 1.82) is 0 Å². The third-order valence-corrected chi connectivity index (χ3v) is 10.0. The number of hydrogen-bond donors (Lipinski definition) is 0. The average Bonchev–Trinajstić information content (AvgIpc) is 2.78. The summed E-state index contributed by atoms with van der Waals surface area (Å²) >= 11 is 0. The lowest BCUT2D eigenvalue weighted by Crippen LogP contribution is -2.61. The maximum atomic E-state index is 2.40. The van der Waals surface area contributed by atoms with Crippen LogP contribution in [0.2, 0.25) is 0 Å². The van der Waals surface area contributed by atoms with Crippen molar-refractivity contribution in [2.24, 2.45) is 11.8 Å². The van der Waals surface area contributed by atoms with Gasteiger partial charge in [0.25, 0.3) is 0 Å². The molecule has 0 spiro atoms. The molecule has 0 aromatic heterocycles. The molecule has 2 aliphatic heterocycles. The molecule has 164 valence electrons. The van der Waals surface area contributed by atoms with E-state index in [4.69, 9.17) is 0 Å². The van der Waals surface area contributed by atoms with E-state index in [0.717, 1.165) is 23.9 Å². The van der Waals surface area contributed by atoms with Gasteiger partial charge in [0.05, 0.1) is 51.4 Å². The van der Waals surface area contributed by atoms with Gasteiger partial charge in [-0.1, -0.05) is 12.8 Å². The molecular formula is C26H52N2+2. The number of likely N-dealkylation sites (tertiary alicyclic amines) is 2. The van der Waals surface area contributed by atoms with Crippen LogP contribution in [-0.4, -0.2) is 60.3 Å². The summed E-state index contributed by atoms with van der Waals surface area (Å²) in [7, 11) is 0. The third kappa shape index (κ3) is 4.48. The van der Waals surface area contributed by atoms with Gasteiger partial charge < -0.3 is 8.97 Å². The van der Waals surface area contributed by atoms with Gasteiger partial charge in [-0.3, -0.25) is 0 Å². The van der Waals surface area contributed by atoms with E-state index in [1.165, 1.54) is 125 Å². The average molecular weight is 393 g/mol. The van der Waals surface area contributed by atoms with Gasteiger partial charge in [0.1, 0.15) is 0 Å². The zero-order chi connectivity index (χ0) is 20.0. The molecule has 0 bridgehead atoms. The van der Waals surface area contributed by atoms with Gasteiger partial charge in [-0.25, -0.2) is 0 Å². The topological polar surface area (TPSA) is 0 Å². The molecule has 2 aliphatic carbocycles. The van der Waals surface area contributed by atoms with E-state index in [2.05, 4.69) is 27.7 Å². The van der Waals surface area contributed by atoms with Crippen LogP contribution in [0, 0.1) is 11.8 Å². The molecule has 2 heterocycles. The van der Waals surface area contributed by atoms with Crippen LogP contribution < -0.4 is 0 Å². The standard InChI is InChI=1S/2C13H26N/c2*1-3-14(4-2)11-7-9-12-8-5-6-10-13(12)14/h2*12-13H,3-11H2,1-2H3/q2*+1/t12-,13+;12-,13-/m11/s1. The van der Waals surface area contributed by atoms with Crippen molar-refractivity contribution in [3.05, 3.63) is 0 Å². The van der Waals surface area contributed by atoms with Crippen molar-refractivity contribution in [3.63, 3.8) is 0 Å². The number of fused-ring (bicyclic) bond motifs is 2. The van der Waals surface area contributed by atoms with Crippen LogP contribution in [0.25, 0.3) is 0 Å². The normalized spacial score (nSPS) is 36.4. The molecule has 2 saturated heterocycles. The third-order valence-electron chi connectivity index (χ3n) is 10.0. The van der Waals surface area contributed by atoms with E-state index >= 15 is 0 Å². The summed E-state index contributed by atoms with van der Waals surface area (Å²) in [5.41, 5.74) is 0. The highest BCUT2D eigenvalue weighted by Gasteiger charge is 2.44. The Kier molecular flexibility index (Phi) is 8.31. The highest BCUT2D eigenvalue weighted by atomic mass is 15.4. The van der Waals surface area contributed by atoms with E-state index in [-0.39, 0.29) is 0 Å². The Hall–Kier alpha value is -0.0800. The quantitative estimate of drug-likeness (QED) is 0.486. The molecule has 4 atom stereocenters. The molecule has 0 radical (unpaired) electrons.